The summed E-state index contributed by atoms with van der Waals surface area (Å²) in [6.45, 7) is 3.12. The Morgan fingerprint density at radius 2 is 1.95 bits per heavy atom. The van der Waals surface area contributed by atoms with E-state index in [1.165, 1.54) is 11.6 Å². The fourth-order valence-electron chi connectivity index (χ4n) is 1.80. The van der Waals surface area contributed by atoms with E-state index in [0.29, 0.717) is 12.1 Å². The Morgan fingerprint density at radius 3 is 2.55 bits per heavy atom. The minimum atomic E-state index is -0.172. The van der Waals surface area contributed by atoms with Crippen LogP contribution in [0.15, 0.2) is 40.0 Å². The standard InChI is InChI=1S/C15H18FN3S/c1-11-7-12(3-4-14(11)16)8-18-15(17-2)19-9-13-5-6-20-10-13/h3-7,10H,8-9H2,1-2H3,(H2,17,18,19). The van der Waals surface area contributed by atoms with Gasteiger partial charge in [0.1, 0.15) is 5.82 Å². The first-order chi connectivity index (χ1) is 9.69. The molecule has 0 atom stereocenters. The number of rotatable bonds is 4. The van der Waals surface area contributed by atoms with Crippen molar-refractivity contribution in [1.82, 2.24) is 10.6 Å². The lowest BCUT2D eigenvalue weighted by Crippen LogP contribution is -2.36. The zero-order valence-electron chi connectivity index (χ0n) is 11.6. The molecule has 0 fully saturated rings. The number of nitrogens with zero attached hydrogens (tertiary/aromatic N) is 1. The van der Waals surface area contributed by atoms with E-state index in [0.717, 1.165) is 18.1 Å². The quantitative estimate of drug-likeness (QED) is 0.671. The number of benzene rings is 1. The molecule has 0 saturated heterocycles. The Labute approximate surface area is 122 Å². The number of halogens is 1. The summed E-state index contributed by atoms with van der Waals surface area (Å²) in [6.07, 6.45) is 0. The fraction of sp³-hybridized carbons (Fsp3) is 0.267. The number of thiophene rings is 1. The first-order valence-corrected chi connectivity index (χ1v) is 7.34. The van der Waals surface area contributed by atoms with Gasteiger partial charge in [-0.1, -0.05) is 12.1 Å². The third-order valence-corrected chi connectivity index (χ3v) is 3.68. The van der Waals surface area contributed by atoms with Crippen LogP contribution in [0.25, 0.3) is 0 Å². The molecule has 0 aliphatic carbocycles. The van der Waals surface area contributed by atoms with Crippen molar-refractivity contribution in [3.63, 3.8) is 0 Å². The highest BCUT2D eigenvalue weighted by Crippen LogP contribution is 2.09. The van der Waals surface area contributed by atoms with Crippen LogP contribution in [0, 0.1) is 12.7 Å². The topological polar surface area (TPSA) is 36.4 Å². The molecule has 0 aliphatic rings. The molecule has 0 bridgehead atoms. The molecule has 1 aromatic carbocycles. The van der Waals surface area contributed by atoms with Crippen LogP contribution in [0.5, 0.6) is 0 Å². The summed E-state index contributed by atoms with van der Waals surface area (Å²) in [5.41, 5.74) is 2.92. The van der Waals surface area contributed by atoms with Gasteiger partial charge < -0.3 is 10.6 Å². The van der Waals surface area contributed by atoms with Gasteiger partial charge in [0.25, 0.3) is 0 Å². The maximum atomic E-state index is 13.2. The highest BCUT2D eigenvalue weighted by atomic mass is 32.1. The van der Waals surface area contributed by atoms with Crippen molar-refractivity contribution in [2.45, 2.75) is 20.0 Å². The molecule has 3 nitrogen and oxygen atoms in total. The van der Waals surface area contributed by atoms with Gasteiger partial charge in [-0.25, -0.2) is 4.39 Å². The van der Waals surface area contributed by atoms with Crippen molar-refractivity contribution in [3.8, 4) is 0 Å². The van der Waals surface area contributed by atoms with Gasteiger partial charge in [-0.2, -0.15) is 11.3 Å². The molecule has 2 rings (SSSR count). The van der Waals surface area contributed by atoms with Gasteiger partial charge in [0.2, 0.25) is 0 Å². The second-order valence-corrected chi connectivity index (χ2v) is 5.27. The number of nitrogens with one attached hydrogen (secondary N) is 2. The van der Waals surface area contributed by atoms with E-state index in [1.807, 2.05) is 6.07 Å². The number of aliphatic imine (C=N–C) groups is 1. The smallest absolute Gasteiger partial charge is 0.191 e. The lowest BCUT2D eigenvalue weighted by Gasteiger charge is -2.11. The summed E-state index contributed by atoms with van der Waals surface area (Å²) in [5, 5.41) is 10.6. The van der Waals surface area contributed by atoms with Crippen molar-refractivity contribution < 1.29 is 4.39 Å². The van der Waals surface area contributed by atoms with Gasteiger partial charge in [-0.15, -0.1) is 0 Å². The highest BCUT2D eigenvalue weighted by molar-refractivity contribution is 7.07. The Morgan fingerprint density at radius 1 is 1.20 bits per heavy atom. The molecule has 0 spiro atoms. The van der Waals surface area contributed by atoms with Crippen LogP contribution in [0.3, 0.4) is 0 Å². The van der Waals surface area contributed by atoms with Crippen LogP contribution in [-0.2, 0) is 13.1 Å². The van der Waals surface area contributed by atoms with Gasteiger partial charge in [0.15, 0.2) is 5.96 Å². The summed E-state index contributed by atoms with van der Waals surface area (Å²) in [6, 6.07) is 7.19. The second-order valence-electron chi connectivity index (χ2n) is 4.49. The van der Waals surface area contributed by atoms with Gasteiger partial charge >= 0.3 is 0 Å². The monoisotopic (exact) mass is 291 g/mol. The zero-order valence-corrected chi connectivity index (χ0v) is 12.4. The van der Waals surface area contributed by atoms with Crippen molar-refractivity contribution in [2.75, 3.05) is 7.05 Å². The summed E-state index contributed by atoms with van der Waals surface area (Å²) < 4.78 is 13.2. The first-order valence-electron chi connectivity index (χ1n) is 6.39. The Hall–Kier alpha value is -1.88. The van der Waals surface area contributed by atoms with Gasteiger partial charge in [0.05, 0.1) is 0 Å². The van der Waals surface area contributed by atoms with E-state index >= 15 is 0 Å². The first kappa shape index (κ1) is 14.5. The van der Waals surface area contributed by atoms with E-state index in [4.69, 9.17) is 0 Å². The molecule has 1 heterocycles. The normalized spacial score (nSPS) is 11.4. The largest absolute Gasteiger partial charge is 0.352 e. The van der Waals surface area contributed by atoms with E-state index in [9.17, 15) is 4.39 Å². The summed E-state index contributed by atoms with van der Waals surface area (Å²) >= 11 is 1.68. The third-order valence-electron chi connectivity index (χ3n) is 2.95. The summed E-state index contributed by atoms with van der Waals surface area (Å²) in [5.74, 6) is 0.562. The molecule has 2 aromatic rings. The molecule has 0 saturated carbocycles. The molecule has 2 N–H and O–H groups in total. The molecule has 106 valence electrons. The predicted molar refractivity (Wildman–Crippen MR) is 82.5 cm³/mol. The summed E-state index contributed by atoms with van der Waals surface area (Å²) in [7, 11) is 1.73. The number of hydrogen-bond donors (Lipinski definition) is 2. The van der Waals surface area contributed by atoms with Crippen LogP contribution in [-0.4, -0.2) is 13.0 Å². The minimum absolute atomic E-state index is 0.172. The van der Waals surface area contributed by atoms with Crippen LogP contribution >= 0.6 is 11.3 Å². The number of aryl methyl sites for hydroxylation is 1. The average molecular weight is 291 g/mol. The summed E-state index contributed by atoms with van der Waals surface area (Å²) in [4.78, 5) is 4.17. The lowest BCUT2D eigenvalue weighted by atomic mass is 10.1. The maximum Gasteiger partial charge on any atom is 0.191 e. The van der Waals surface area contributed by atoms with E-state index in [-0.39, 0.29) is 5.82 Å². The Bertz CT molecular complexity index is 579. The van der Waals surface area contributed by atoms with Gasteiger partial charge in [-0.05, 0) is 46.5 Å². The maximum absolute atomic E-state index is 13.2. The van der Waals surface area contributed by atoms with Crippen molar-refractivity contribution in [1.29, 1.82) is 0 Å². The fourth-order valence-corrected chi connectivity index (χ4v) is 2.47. The Kier molecular flexibility index (Phi) is 5.12. The molecule has 1 aromatic heterocycles. The van der Waals surface area contributed by atoms with Crippen LogP contribution in [0.4, 0.5) is 4.39 Å². The SMILES string of the molecule is CN=C(NCc1ccsc1)NCc1ccc(F)c(C)c1. The molecule has 5 heteroatoms. The lowest BCUT2D eigenvalue weighted by molar-refractivity contribution is 0.617. The van der Waals surface area contributed by atoms with Crippen LogP contribution in [0.2, 0.25) is 0 Å². The Balaban J connectivity index is 1.85. The second kappa shape index (κ2) is 7.05. The van der Waals surface area contributed by atoms with Gasteiger partial charge in [0, 0.05) is 20.1 Å². The number of hydrogen-bond acceptors (Lipinski definition) is 2. The molecule has 0 unspecified atom stereocenters. The van der Waals surface area contributed by atoms with Crippen LogP contribution in [0.1, 0.15) is 16.7 Å². The van der Waals surface area contributed by atoms with E-state index in [2.05, 4.69) is 32.5 Å². The molecule has 0 aliphatic heterocycles. The molecule has 0 radical (unpaired) electrons. The molecule has 20 heavy (non-hydrogen) atoms. The zero-order chi connectivity index (χ0) is 14.4. The average Bonchev–Trinajstić information content (AvgIpc) is 2.96. The predicted octanol–water partition coefficient (Wildman–Crippen LogP) is 3.06. The van der Waals surface area contributed by atoms with Crippen molar-refractivity contribution in [2.24, 2.45) is 4.99 Å². The molecular weight excluding hydrogens is 273 g/mol. The van der Waals surface area contributed by atoms with E-state index < -0.39 is 0 Å². The van der Waals surface area contributed by atoms with Crippen molar-refractivity contribution >= 4 is 17.3 Å². The van der Waals surface area contributed by atoms with E-state index in [1.54, 1.807) is 31.4 Å². The van der Waals surface area contributed by atoms with Crippen molar-refractivity contribution in [3.05, 3.63) is 57.5 Å². The molecule has 0 amide bonds. The third kappa shape index (κ3) is 4.06. The van der Waals surface area contributed by atoms with Gasteiger partial charge in [-0.3, -0.25) is 4.99 Å². The number of guanidine groups is 1. The highest BCUT2D eigenvalue weighted by Gasteiger charge is 2.01. The minimum Gasteiger partial charge on any atom is -0.352 e. The molecular formula is C15H18FN3S. The van der Waals surface area contributed by atoms with Crippen LogP contribution < -0.4 is 10.6 Å².